The van der Waals surface area contributed by atoms with Crippen LogP contribution in [0, 0.1) is 0 Å². The van der Waals surface area contributed by atoms with Crippen LogP contribution in [0.2, 0.25) is 0 Å². The topological polar surface area (TPSA) is 140 Å². The summed E-state index contributed by atoms with van der Waals surface area (Å²) in [5.41, 5.74) is -4.38. The van der Waals surface area contributed by atoms with E-state index in [0.29, 0.717) is 4.57 Å². The number of phosphoric ester groups is 1. The second-order valence-electron chi connectivity index (χ2n) is 5.09. The van der Waals surface area contributed by atoms with E-state index in [1.807, 2.05) is 0 Å². The van der Waals surface area contributed by atoms with E-state index in [0.717, 1.165) is 7.11 Å². The van der Waals surface area contributed by atoms with Crippen LogP contribution in [0.4, 0.5) is 13.2 Å². The summed E-state index contributed by atoms with van der Waals surface area (Å²) in [4.78, 5) is 33.6. The summed E-state index contributed by atoms with van der Waals surface area (Å²) in [6.07, 6.45) is -8.85. The maximum absolute atomic E-state index is 12.8. The molecule has 3 N–H and O–H groups in total. The van der Waals surface area contributed by atoms with Crippen LogP contribution in [0.15, 0.2) is 15.8 Å². The third-order valence-electron chi connectivity index (χ3n) is 3.42. The first-order chi connectivity index (χ1) is 11.4. The van der Waals surface area contributed by atoms with Gasteiger partial charge in [0.2, 0.25) is 0 Å². The smallest absolute Gasteiger partial charge is 0.390 e. The van der Waals surface area contributed by atoms with Gasteiger partial charge in [-0.15, -0.1) is 0 Å². The Hall–Kier alpha value is -1.50. The molecule has 0 amide bonds. The van der Waals surface area contributed by atoms with E-state index in [2.05, 4.69) is 9.05 Å². The minimum Gasteiger partial charge on any atom is -0.390 e. The van der Waals surface area contributed by atoms with Crippen LogP contribution in [-0.2, 0) is 24.5 Å². The van der Waals surface area contributed by atoms with E-state index in [-0.39, 0.29) is 12.6 Å². The number of H-pyrrole nitrogens is 1. The Kier molecular flexibility index (Phi) is 5.56. The maximum Gasteiger partial charge on any atom is 0.472 e. The highest BCUT2D eigenvalue weighted by atomic mass is 31.2. The lowest BCUT2D eigenvalue weighted by atomic mass is 10.2. The number of aromatic nitrogens is 2. The largest absolute Gasteiger partial charge is 0.472 e. The Morgan fingerprint density at radius 2 is 2.12 bits per heavy atom. The lowest BCUT2D eigenvalue weighted by Crippen LogP contribution is -2.36. The van der Waals surface area contributed by atoms with Gasteiger partial charge >= 0.3 is 19.7 Å². The van der Waals surface area contributed by atoms with Gasteiger partial charge in [-0.25, -0.2) is 9.36 Å². The molecule has 1 aliphatic rings. The standard InChI is InChI=1S/C11H14F3N2O8P/c1-22-25(20,21)23-4-7-6(17)2-8(24-7)16-3-5(11(12,13)14)9(18)15-10(16)19/h3,6-8,17H,2,4H2,1H3,(H,20,21)(H,15,18,19). The molecule has 0 aromatic carbocycles. The molecule has 1 aromatic rings. The van der Waals surface area contributed by atoms with E-state index in [1.54, 1.807) is 0 Å². The number of ether oxygens (including phenoxy) is 1. The van der Waals surface area contributed by atoms with Crippen molar-refractivity contribution < 1.29 is 41.5 Å². The molecule has 10 nitrogen and oxygen atoms in total. The zero-order chi connectivity index (χ0) is 19.0. The van der Waals surface area contributed by atoms with E-state index >= 15 is 0 Å². The minimum atomic E-state index is -5.00. The zero-order valence-corrected chi connectivity index (χ0v) is 13.5. The molecule has 4 atom stereocenters. The van der Waals surface area contributed by atoms with Crippen LogP contribution in [0.1, 0.15) is 18.2 Å². The molecule has 2 rings (SSSR count). The summed E-state index contributed by atoms with van der Waals surface area (Å²) < 4.78 is 63.9. The highest BCUT2D eigenvalue weighted by Crippen LogP contribution is 2.43. The Bertz CT molecular complexity index is 791. The third kappa shape index (κ3) is 4.57. The summed E-state index contributed by atoms with van der Waals surface area (Å²) in [6, 6.07) is 0. The van der Waals surface area contributed by atoms with Crippen LogP contribution in [0.5, 0.6) is 0 Å². The van der Waals surface area contributed by atoms with Gasteiger partial charge < -0.3 is 14.7 Å². The van der Waals surface area contributed by atoms with E-state index in [1.165, 1.54) is 4.98 Å². The molecule has 0 aliphatic carbocycles. The first-order valence-corrected chi connectivity index (χ1v) is 8.23. The summed E-state index contributed by atoms with van der Waals surface area (Å²) in [6.45, 7) is -0.608. The highest BCUT2D eigenvalue weighted by molar-refractivity contribution is 7.47. The van der Waals surface area contributed by atoms with Gasteiger partial charge in [-0.1, -0.05) is 0 Å². The number of hydrogen-bond donors (Lipinski definition) is 3. The molecule has 1 aromatic heterocycles. The van der Waals surface area contributed by atoms with Crippen molar-refractivity contribution in [1.29, 1.82) is 0 Å². The van der Waals surface area contributed by atoms with Crippen molar-refractivity contribution in [3.8, 4) is 0 Å². The van der Waals surface area contributed by atoms with Gasteiger partial charge in [-0.3, -0.25) is 23.4 Å². The first kappa shape index (κ1) is 19.8. The molecule has 2 heterocycles. The lowest BCUT2D eigenvalue weighted by molar-refractivity contribution is -0.139. The van der Waals surface area contributed by atoms with Crippen molar-refractivity contribution >= 4 is 7.82 Å². The molecule has 14 heteroatoms. The van der Waals surface area contributed by atoms with Gasteiger partial charge in [0, 0.05) is 19.7 Å². The van der Waals surface area contributed by atoms with E-state index in [9.17, 15) is 32.4 Å². The Morgan fingerprint density at radius 3 is 2.68 bits per heavy atom. The lowest BCUT2D eigenvalue weighted by Gasteiger charge is -2.18. The Morgan fingerprint density at radius 1 is 1.48 bits per heavy atom. The fourth-order valence-corrected chi connectivity index (χ4v) is 2.60. The molecule has 0 saturated carbocycles. The van der Waals surface area contributed by atoms with E-state index in [4.69, 9.17) is 9.63 Å². The van der Waals surface area contributed by atoms with Gasteiger partial charge in [0.25, 0.3) is 5.56 Å². The average molecular weight is 390 g/mol. The van der Waals surface area contributed by atoms with Crippen molar-refractivity contribution in [2.24, 2.45) is 0 Å². The predicted molar refractivity (Wildman–Crippen MR) is 73.6 cm³/mol. The molecule has 4 unspecified atom stereocenters. The van der Waals surface area contributed by atoms with Crippen LogP contribution < -0.4 is 11.2 Å². The van der Waals surface area contributed by atoms with Crippen LogP contribution >= 0.6 is 7.82 Å². The number of nitrogens with one attached hydrogen (secondary N) is 1. The van der Waals surface area contributed by atoms with Crippen LogP contribution in [-0.4, -0.2) is 45.5 Å². The monoisotopic (exact) mass is 390 g/mol. The van der Waals surface area contributed by atoms with Crippen molar-refractivity contribution in [2.75, 3.05) is 13.7 Å². The number of aliphatic hydroxyl groups excluding tert-OH is 1. The molecule has 0 bridgehead atoms. The number of aliphatic hydroxyl groups is 1. The van der Waals surface area contributed by atoms with Crippen molar-refractivity contribution in [1.82, 2.24) is 9.55 Å². The quantitative estimate of drug-likeness (QED) is 0.596. The van der Waals surface area contributed by atoms with Gasteiger partial charge in [0.05, 0.1) is 12.7 Å². The van der Waals surface area contributed by atoms with Crippen LogP contribution in [0.3, 0.4) is 0 Å². The summed E-state index contributed by atoms with van der Waals surface area (Å²) >= 11 is 0. The molecule has 0 radical (unpaired) electrons. The normalized spacial score (nSPS) is 26.6. The first-order valence-electron chi connectivity index (χ1n) is 6.74. The number of aromatic amines is 1. The number of halogens is 3. The van der Waals surface area contributed by atoms with Crippen molar-refractivity contribution in [3.05, 3.63) is 32.6 Å². The third-order valence-corrected chi connectivity index (χ3v) is 4.36. The predicted octanol–water partition coefficient (Wildman–Crippen LogP) is -0.0328. The van der Waals surface area contributed by atoms with Crippen LogP contribution in [0.25, 0.3) is 0 Å². The number of hydrogen-bond acceptors (Lipinski definition) is 7. The zero-order valence-electron chi connectivity index (χ0n) is 12.6. The van der Waals surface area contributed by atoms with E-state index < -0.39 is 55.9 Å². The highest BCUT2D eigenvalue weighted by Gasteiger charge is 2.40. The molecule has 1 aliphatic heterocycles. The maximum atomic E-state index is 12.8. The molecule has 1 fully saturated rings. The summed E-state index contributed by atoms with van der Waals surface area (Å²) in [7, 11) is -3.44. The molecule has 0 spiro atoms. The molecule has 1 saturated heterocycles. The van der Waals surface area contributed by atoms with Crippen molar-refractivity contribution in [3.63, 3.8) is 0 Å². The number of alkyl halides is 3. The summed E-state index contributed by atoms with van der Waals surface area (Å²) in [5.74, 6) is 0. The van der Waals surface area contributed by atoms with Gasteiger partial charge in [-0.05, 0) is 0 Å². The molecule has 142 valence electrons. The van der Waals surface area contributed by atoms with Gasteiger partial charge in [0.15, 0.2) is 0 Å². The Labute approximate surface area is 137 Å². The van der Waals surface area contributed by atoms with Gasteiger partial charge in [-0.2, -0.15) is 13.2 Å². The molecular weight excluding hydrogens is 376 g/mol. The van der Waals surface area contributed by atoms with Crippen molar-refractivity contribution in [2.45, 2.75) is 31.0 Å². The number of rotatable bonds is 5. The molecular formula is C11H14F3N2O8P. The number of nitrogens with zero attached hydrogens (tertiary/aromatic N) is 1. The second kappa shape index (κ2) is 7.02. The van der Waals surface area contributed by atoms with Gasteiger partial charge in [0.1, 0.15) is 17.9 Å². The molecule has 25 heavy (non-hydrogen) atoms. The SMILES string of the molecule is COP(=O)(O)OCC1OC(n2cc(C(F)(F)F)c(=O)[nH]c2=O)CC1O. The minimum absolute atomic E-state index is 0.286. The fourth-order valence-electron chi connectivity index (χ4n) is 2.16. The average Bonchev–Trinajstić information content (AvgIpc) is 2.85. The second-order valence-corrected chi connectivity index (χ2v) is 6.65. The summed E-state index contributed by atoms with van der Waals surface area (Å²) in [5, 5.41) is 9.84. The Balaban J connectivity index is 2.22. The number of phosphoric acid groups is 1. The fraction of sp³-hybridized carbons (Fsp3) is 0.636.